The number of nitrogens with zero attached hydrogens (tertiary/aromatic N) is 1. The lowest BCUT2D eigenvalue weighted by Gasteiger charge is -2.25. The first-order valence-electron chi connectivity index (χ1n) is 6.02. The molecule has 102 valence electrons. The van der Waals surface area contributed by atoms with E-state index in [4.69, 9.17) is 9.47 Å². The lowest BCUT2D eigenvalue weighted by molar-refractivity contribution is -0.127. The molecule has 0 aliphatic carbocycles. The third-order valence-electron chi connectivity index (χ3n) is 2.99. The molecule has 0 aromatic heterocycles. The average molecular weight is 326 g/mol. The van der Waals surface area contributed by atoms with Crippen molar-refractivity contribution in [1.29, 1.82) is 0 Å². The highest BCUT2D eigenvalue weighted by Gasteiger charge is 2.20. The first kappa shape index (κ1) is 14.1. The number of methoxy groups -OCH3 is 1. The van der Waals surface area contributed by atoms with Crippen molar-refractivity contribution in [2.24, 2.45) is 0 Å². The van der Waals surface area contributed by atoms with Crippen LogP contribution in [0.3, 0.4) is 0 Å². The van der Waals surface area contributed by atoms with Crippen LogP contribution in [-0.2, 0) is 9.53 Å². The van der Waals surface area contributed by atoms with Gasteiger partial charge in [0.1, 0.15) is 5.75 Å². The number of benzene rings is 1. The maximum absolute atomic E-state index is 11.7. The number of hydrogen-bond donors (Lipinski definition) is 0. The van der Waals surface area contributed by atoms with Crippen molar-refractivity contribution < 1.29 is 14.3 Å². The molecule has 0 unspecified atom stereocenters. The zero-order valence-corrected chi connectivity index (χ0v) is 12.6. The minimum absolute atomic E-state index is 0.143. The molecule has 4 nitrogen and oxygen atoms in total. The monoisotopic (exact) mass is 325 g/mol. The van der Waals surface area contributed by atoms with Crippen molar-refractivity contribution in [2.75, 3.05) is 21.0 Å². The molecule has 1 aromatic carbocycles. The van der Waals surface area contributed by atoms with Gasteiger partial charge in [0, 0.05) is 36.3 Å². The summed E-state index contributed by atoms with van der Waals surface area (Å²) in [5.74, 6) is 0.868. The molecule has 0 fully saturated rings. The Bertz CT molecular complexity index is 513. The Morgan fingerprint density at radius 2 is 2.21 bits per heavy atom. The second kappa shape index (κ2) is 6.21. The van der Waals surface area contributed by atoms with Crippen molar-refractivity contribution in [1.82, 2.24) is 4.90 Å². The summed E-state index contributed by atoms with van der Waals surface area (Å²) < 4.78 is 11.1. The molecule has 0 spiro atoms. The van der Waals surface area contributed by atoms with E-state index in [1.165, 1.54) is 0 Å². The molecule has 19 heavy (non-hydrogen) atoms. The molecule has 1 heterocycles. The average Bonchev–Trinajstić information content (AvgIpc) is 2.40. The van der Waals surface area contributed by atoms with Crippen LogP contribution in [0, 0.1) is 0 Å². The molecule has 0 atom stereocenters. The Morgan fingerprint density at radius 1 is 1.42 bits per heavy atom. The van der Waals surface area contributed by atoms with Gasteiger partial charge in [0.05, 0.1) is 0 Å². The first-order chi connectivity index (χ1) is 9.13. The van der Waals surface area contributed by atoms with Gasteiger partial charge in [0.2, 0.25) is 5.91 Å². The lowest BCUT2D eigenvalue weighted by atomic mass is 10.1. The number of amides is 1. The zero-order chi connectivity index (χ0) is 13.8. The molecule has 2 rings (SSSR count). The van der Waals surface area contributed by atoms with Gasteiger partial charge in [0.15, 0.2) is 6.79 Å². The molecule has 1 aliphatic heterocycles. The predicted molar refractivity (Wildman–Crippen MR) is 76.6 cm³/mol. The van der Waals surface area contributed by atoms with Crippen LogP contribution in [-0.4, -0.2) is 31.8 Å². The topological polar surface area (TPSA) is 38.8 Å². The van der Waals surface area contributed by atoms with E-state index in [9.17, 15) is 4.79 Å². The van der Waals surface area contributed by atoms with Crippen LogP contribution in [0.1, 0.15) is 18.4 Å². The van der Waals surface area contributed by atoms with E-state index < -0.39 is 0 Å². The third-order valence-corrected chi connectivity index (χ3v) is 3.65. The van der Waals surface area contributed by atoms with Crippen LogP contribution in [0.5, 0.6) is 5.75 Å². The van der Waals surface area contributed by atoms with E-state index in [0.29, 0.717) is 6.42 Å². The maximum Gasteiger partial charge on any atom is 0.227 e. The fourth-order valence-corrected chi connectivity index (χ4v) is 2.54. The van der Waals surface area contributed by atoms with E-state index in [1.807, 2.05) is 18.2 Å². The number of ether oxygens (including phenoxy) is 2. The van der Waals surface area contributed by atoms with Crippen LogP contribution in [0.15, 0.2) is 28.7 Å². The summed E-state index contributed by atoms with van der Waals surface area (Å²) in [6, 6.07) is 5.69. The first-order valence-corrected chi connectivity index (χ1v) is 6.81. The predicted octanol–water partition coefficient (Wildman–Crippen LogP) is 3.02. The van der Waals surface area contributed by atoms with Crippen LogP contribution in [0.25, 0.3) is 5.70 Å². The molecule has 0 radical (unpaired) electrons. The smallest absolute Gasteiger partial charge is 0.227 e. The quantitative estimate of drug-likeness (QED) is 0.799. The SMILES string of the molecule is COCOc1ccc(C2=CCCC(=O)N2C)c(Br)c1. The van der Waals surface area contributed by atoms with E-state index in [2.05, 4.69) is 22.0 Å². The number of halogens is 1. The highest BCUT2D eigenvalue weighted by molar-refractivity contribution is 9.10. The largest absolute Gasteiger partial charge is 0.468 e. The van der Waals surface area contributed by atoms with Gasteiger partial charge in [-0.15, -0.1) is 0 Å². The van der Waals surface area contributed by atoms with E-state index in [-0.39, 0.29) is 12.7 Å². The Morgan fingerprint density at radius 3 is 2.89 bits per heavy atom. The Kier molecular flexibility index (Phi) is 4.61. The van der Waals surface area contributed by atoms with Gasteiger partial charge in [-0.1, -0.05) is 6.08 Å². The van der Waals surface area contributed by atoms with E-state index >= 15 is 0 Å². The second-order valence-corrected chi connectivity index (χ2v) is 5.13. The third kappa shape index (κ3) is 3.16. The minimum Gasteiger partial charge on any atom is -0.468 e. The van der Waals surface area contributed by atoms with Crippen LogP contribution in [0.2, 0.25) is 0 Å². The molecule has 1 aromatic rings. The van der Waals surface area contributed by atoms with Gasteiger partial charge < -0.3 is 14.4 Å². The fourth-order valence-electron chi connectivity index (χ4n) is 1.98. The van der Waals surface area contributed by atoms with E-state index in [0.717, 1.165) is 27.9 Å². The molecule has 5 heteroatoms. The van der Waals surface area contributed by atoms with Crippen molar-refractivity contribution >= 4 is 27.5 Å². The fraction of sp³-hybridized carbons (Fsp3) is 0.357. The standard InChI is InChI=1S/C14H16BrNO3/c1-16-13(4-3-5-14(16)17)11-7-6-10(8-12(11)15)19-9-18-2/h4,6-8H,3,5,9H2,1-2H3. The summed E-state index contributed by atoms with van der Waals surface area (Å²) in [4.78, 5) is 13.4. The molecule has 1 amide bonds. The van der Waals surface area contributed by atoms with Gasteiger partial charge in [0.25, 0.3) is 0 Å². The molecule has 0 saturated carbocycles. The van der Waals surface area contributed by atoms with Gasteiger partial charge in [-0.25, -0.2) is 0 Å². The summed E-state index contributed by atoms with van der Waals surface area (Å²) in [6.45, 7) is 0.215. The molecular weight excluding hydrogens is 310 g/mol. The number of hydrogen-bond acceptors (Lipinski definition) is 3. The Hall–Kier alpha value is -1.33. The summed E-state index contributed by atoms with van der Waals surface area (Å²) in [7, 11) is 3.38. The van der Waals surface area contributed by atoms with Crippen molar-refractivity contribution in [2.45, 2.75) is 12.8 Å². The molecule has 0 saturated heterocycles. The summed E-state index contributed by atoms with van der Waals surface area (Å²) in [5, 5.41) is 0. The molecule has 0 bridgehead atoms. The summed E-state index contributed by atoms with van der Waals surface area (Å²) >= 11 is 3.52. The minimum atomic E-state index is 0.143. The van der Waals surface area contributed by atoms with Crippen molar-refractivity contribution in [3.63, 3.8) is 0 Å². The molecule has 0 N–H and O–H groups in total. The second-order valence-electron chi connectivity index (χ2n) is 4.27. The highest BCUT2D eigenvalue weighted by Crippen LogP contribution is 2.32. The normalized spacial score (nSPS) is 15.4. The lowest BCUT2D eigenvalue weighted by Crippen LogP contribution is -2.27. The van der Waals surface area contributed by atoms with Gasteiger partial charge in [-0.3, -0.25) is 4.79 Å². The zero-order valence-electron chi connectivity index (χ0n) is 11.0. The Balaban J connectivity index is 2.26. The maximum atomic E-state index is 11.7. The number of carbonyl (C=O) groups is 1. The van der Waals surface area contributed by atoms with Crippen LogP contribution >= 0.6 is 15.9 Å². The summed E-state index contributed by atoms with van der Waals surface area (Å²) in [6.07, 6.45) is 3.44. The van der Waals surface area contributed by atoms with Crippen molar-refractivity contribution in [3.8, 4) is 5.75 Å². The summed E-state index contributed by atoms with van der Waals surface area (Å²) in [5.41, 5.74) is 1.92. The van der Waals surface area contributed by atoms with Gasteiger partial charge >= 0.3 is 0 Å². The van der Waals surface area contributed by atoms with Crippen LogP contribution in [0.4, 0.5) is 0 Å². The van der Waals surface area contributed by atoms with Gasteiger partial charge in [-0.05, 0) is 40.5 Å². The van der Waals surface area contributed by atoms with Crippen molar-refractivity contribution in [3.05, 3.63) is 34.3 Å². The number of carbonyl (C=O) groups excluding carboxylic acids is 1. The number of allylic oxidation sites excluding steroid dienone is 1. The Labute approximate surface area is 121 Å². The van der Waals surface area contributed by atoms with E-state index in [1.54, 1.807) is 19.1 Å². The molecular formula is C14H16BrNO3. The number of rotatable bonds is 4. The highest BCUT2D eigenvalue weighted by atomic mass is 79.9. The molecule has 1 aliphatic rings. The van der Waals surface area contributed by atoms with Gasteiger partial charge in [-0.2, -0.15) is 0 Å². The van der Waals surface area contributed by atoms with Crippen LogP contribution < -0.4 is 4.74 Å².